The number of carbonyl (C=O) groups is 1. The van der Waals surface area contributed by atoms with Gasteiger partial charge in [-0.3, -0.25) is 9.78 Å². The Labute approximate surface area is 205 Å². The molecule has 0 radical (unpaired) electrons. The van der Waals surface area contributed by atoms with Crippen molar-refractivity contribution in [3.63, 3.8) is 0 Å². The monoisotopic (exact) mass is 500 g/mol. The minimum Gasteiger partial charge on any atom is -0.383 e. The molecule has 4 rings (SSSR count). The Kier molecular flexibility index (Phi) is 7.40. The van der Waals surface area contributed by atoms with Crippen LogP contribution in [0, 0.1) is 19.8 Å². The lowest BCUT2D eigenvalue weighted by Crippen LogP contribution is -2.46. The molecule has 0 unspecified atom stereocenters. The summed E-state index contributed by atoms with van der Waals surface area (Å²) in [7, 11) is -3.64. The van der Waals surface area contributed by atoms with Gasteiger partial charge in [0.1, 0.15) is 0 Å². The number of benzene rings is 2. The molecule has 0 saturated carbocycles. The smallest absolute Gasteiger partial charge is 0.243 e. The van der Waals surface area contributed by atoms with Crippen molar-refractivity contribution in [2.75, 3.05) is 31.5 Å². The van der Waals surface area contributed by atoms with E-state index in [9.17, 15) is 13.2 Å². The summed E-state index contributed by atoms with van der Waals surface area (Å²) in [6.07, 6.45) is 3.05. The van der Waals surface area contributed by atoms with E-state index in [4.69, 9.17) is 11.6 Å². The van der Waals surface area contributed by atoms with E-state index in [1.807, 2.05) is 43.3 Å². The third-order valence-electron chi connectivity index (χ3n) is 6.16. The average Bonchev–Trinajstić information content (AvgIpc) is 2.83. The van der Waals surface area contributed by atoms with Gasteiger partial charge in [-0.15, -0.1) is 0 Å². The third-order valence-corrected chi connectivity index (χ3v) is 8.40. The quantitative estimate of drug-likeness (QED) is 0.476. The molecule has 34 heavy (non-hydrogen) atoms. The topological polar surface area (TPSA) is 91.4 Å². The molecule has 1 amide bonds. The molecule has 0 bridgehead atoms. The Morgan fingerprint density at radius 3 is 2.79 bits per heavy atom. The van der Waals surface area contributed by atoms with E-state index < -0.39 is 10.0 Å². The number of hydrogen-bond donors (Lipinski definition) is 2. The van der Waals surface area contributed by atoms with Crippen LogP contribution in [0.1, 0.15) is 24.0 Å². The molecule has 1 aromatic heterocycles. The maximum atomic E-state index is 13.2. The fourth-order valence-electron chi connectivity index (χ4n) is 4.30. The van der Waals surface area contributed by atoms with Crippen LogP contribution in [-0.4, -0.2) is 49.8 Å². The van der Waals surface area contributed by atoms with Crippen molar-refractivity contribution < 1.29 is 13.2 Å². The second-order valence-corrected chi connectivity index (χ2v) is 11.1. The fraction of sp³-hybridized carbons (Fsp3) is 0.360. The van der Waals surface area contributed by atoms with Crippen molar-refractivity contribution in [3.8, 4) is 0 Å². The van der Waals surface area contributed by atoms with Crippen LogP contribution < -0.4 is 10.6 Å². The maximum Gasteiger partial charge on any atom is 0.243 e. The summed E-state index contributed by atoms with van der Waals surface area (Å²) >= 11 is 6.05. The number of aromatic nitrogens is 1. The van der Waals surface area contributed by atoms with E-state index >= 15 is 0 Å². The molecular weight excluding hydrogens is 472 g/mol. The second-order valence-electron chi connectivity index (χ2n) is 8.71. The first-order valence-electron chi connectivity index (χ1n) is 11.4. The van der Waals surface area contributed by atoms with Crippen LogP contribution in [0.3, 0.4) is 0 Å². The number of nitrogens with one attached hydrogen (secondary N) is 2. The zero-order valence-corrected chi connectivity index (χ0v) is 20.9. The van der Waals surface area contributed by atoms with Crippen molar-refractivity contribution in [3.05, 3.63) is 64.8 Å². The predicted octanol–water partition coefficient (Wildman–Crippen LogP) is 4.13. The van der Waals surface area contributed by atoms with Crippen LogP contribution in [0.4, 0.5) is 5.69 Å². The van der Waals surface area contributed by atoms with Crippen molar-refractivity contribution in [2.24, 2.45) is 5.92 Å². The van der Waals surface area contributed by atoms with E-state index in [0.29, 0.717) is 48.0 Å². The Morgan fingerprint density at radius 2 is 1.97 bits per heavy atom. The van der Waals surface area contributed by atoms with Crippen LogP contribution in [0.25, 0.3) is 10.9 Å². The minimum absolute atomic E-state index is 0.117. The van der Waals surface area contributed by atoms with Gasteiger partial charge in [0.15, 0.2) is 0 Å². The maximum absolute atomic E-state index is 13.2. The molecule has 9 heteroatoms. The Hall–Kier alpha value is -2.68. The second kappa shape index (κ2) is 10.3. The number of fused-ring (bicyclic) bond motifs is 1. The van der Waals surface area contributed by atoms with Gasteiger partial charge in [-0.2, -0.15) is 4.31 Å². The van der Waals surface area contributed by atoms with Crippen LogP contribution in [0.5, 0.6) is 0 Å². The summed E-state index contributed by atoms with van der Waals surface area (Å²) < 4.78 is 27.9. The molecule has 1 fully saturated rings. The van der Waals surface area contributed by atoms with E-state index in [0.717, 1.165) is 22.2 Å². The van der Waals surface area contributed by atoms with Gasteiger partial charge in [-0.25, -0.2) is 8.42 Å². The average molecular weight is 501 g/mol. The first kappa shape index (κ1) is 24.4. The summed E-state index contributed by atoms with van der Waals surface area (Å²) in [5.74, 6) is -0.480. The molecule has 2 N–H and O–H groups in total. The number of nitrogens with zero attached hydrogens (tertiary/aromatic N) is 2. The first-order chi connectivity index (χ1) is 16.3. The summed E-state index contributed by atoms with van der Waals surface area (Å²) in [6.45, 7) is 5.27. The molecule has 7 nitrogen and oxygen atoms in total. The highest BCUT2D eigenvalue weighted by Gasteiger charge is 2.33. The molecule has 0 aliphatic carbocycles. The number of halogens is 1. The summed E-state index contributed by atoms with van der Waals surface area (Å²) in [5.41, 5.74) is 3.33. The minimum atomic E-state index is -3.64. The van der Waals surface area contributed by atoms with Gasteiger partial charge in [0, 0.05) is 48.5 Å². The number of hydrogen-bond acceptors (Lipinski definition) is 5. The number of piperidine rings is 1. The molecule has 0 spiro atoms. The lowest BCUT2D eigenvalue weighted by Gasteiger charge is -2.31. The molecule has 2 heterocycles. The number of carbonyl (C=O) groups excluding carboxylic acids is 1. The van der Waals surface area contributed by atoms with Gasteiger partial charge in [-0.05, 0) is 68.1 Å². The van der Waals surface area contributed by atoms with Crippen molar-refractivity contribution in [1.29, 1.82) is 0 Å². The molecule has 180 valence electrons. The Bertz CT molecular complexity index is 1310. The van der Waals surface area contributed by atoms with Gasteiger partial charge < -0.3 is 10.6 Å². The number of rotatable bonds is 7. The van der Waals surface area contributed by atoms with E-state index in [-0.39, 0.29) is 18.4 Å². The number of sulfonamides is 1. The highest BCUT2D eigenvalue weighted by Crippen LogP contribution is 2.27. The number of amides is 1. The van der Waals surface area contributed by atoms with Crippen molar-refractivity contribution >= 4 is 44.1 Å². The fourth-order valence-corrected chi connectivity index (χ4v) is 6.30. The third kappa shape index (κ3) is 5.35. The summed E-state index contributed by atoms with van der Waals surface area (Å²) in [5, 5.41) is 7.87. The van der Waals surface area contributed by atoms with Crippen molar-refractivity contribution in [1.82, 2.24) is 14.6 Å². The van der Waals surface area contributed by atoms with Crippen LogP contribution in [-0.2, 0) is 14.8 Å². The number of pyridine rings is 1. The molecule has 3 aromatic rings. The van der Waals surface area contributed by atoms with E-state index in [2.05, 4.69) is 15.6 Å². The molecular formula is C25H29ClN4O3S. The first-order valence-corrected chi connectivity index (χ1v) is 13.2. The lowest BCUT2D eigenvalue weighted by molar-refractivity contribution is -0.125. The zero-order chi connectivity index (χ0) is 24.3. The van der Waals surface area contributed by atoms with Gasteiger partial charge in [0.25, 0.3) is 0 Å². The normalized spacial score (nSPS) is 17.0. The summed E-state index contributed by atoms with van der Waals surface area (Å²) in [6, 6.07) is 12.9. The standard InChI is InChI=1S/C25H29ClN4O3S/c1-17-5-6-18(2)24(14-17)34(32,33)30-13-3-4-19(16-30)25(31)29-12-11-28-22-9-10-27-23-15-20(26)7-8-21(22)23/h5-10,14-15,19H,3-4,11-13,16H2,1-2H3,(H,27,28)(H,29,31)/t19-/m1/s1. The van der Waals surface area contributed by atoms with Gasteiger partial charge in [-0.1, -0.05) is 23.7 Å². The largest absolute Gasteiger partial charge is 0.383 e. The SMILES string of the molecule is Cc1ccc(C)c(S(=O)(=O)N2CCC[C@@H](C(=O)NCCNc3ccnc4cc(Cl)ccc34)C2)c1. The van der Waals surface area contributed by atoms with Crippen molar-refractivity contribution in [2.45, 2.75) is 31.6 Å². The number of aryl methyl sites for hydroxylation is 2. The lowest BCUT2D eigenvalue weighted by atomic mass is 9.99. The van der Waals surface area contributed by atoms with Crippen LogP contribution in [0.15, 0.2) is 53.6 Å². The van der Waals surface area contributed by atoms with E-state index in [1.54, 1.807) is 19.2 Å². The highest BCUT2D eigenvalue weighted by atomic mass is 35.5. The van der Waals surface area contributed by atoms with Gasteiger partial charge >= 0.3 is 0 Å². The molecule has 1 saturated heterocycles. The van der Waals surface area contributed by atoms with Crippen LogP contribution >= 0.6 is 11.6 Å². The summed E-state index contributed by atoms with van der Waals surface area (Å²) in [4.78, 5) is 17.5. The number of anilines is 1. The Morgan fingerprint density at radius 1 is 1.15 bits per heavy atom. The Balaban J connectivity index is 1.34. The molecule has 1 atom stereocenters. The zero-order valence-electron chi connectivity index (χ0n) is 19.3. The molecule has 2 aromatic carbocycles. The van der Waals surface area contributed by atoms with Gasteiger partial charge in [0.2, 0.25) is 15.9 Å². The van der Waals surface area contributed by atoms with Gasteiger partial charge in [0.05, 0.1) is 16.3 Å². The predicted molar refractivity (Wildman–Crippen MR) is 136 cm³/mol. The van der Waals surface area contributed by atoms with E-state index in [1.165, 1.54) is 4.31 Å². The highest BCUT2D eigenvalue weighted by molar-refractivity contribution is 7.89. The van der Waals surface area contributed by atoms with Crippen LogP contribution in [0.2, 0.25) is 5.02 Å². The molecule has 1 aliphatic heterocycles. The molecule has 1 aliphatic rings.